The number of amides is 1. The van der Waals surface area contributed by atoms with E-state index in [9.17, 15) is 4.79 Å². The number of ether oxygens (including phenoxy) is 2. The number of guanidine groups is 1. The molecule has 1 saturated heterocycles. The summed E-state index contributed by atoms with van der Waals surface area (Å²) >= 11 is 0. The van der Waals surface area contributed by atoms with Gasteiger partial charge in [-0.2, -0.15) is 0 Å². The van der Waals surface area contributed by atoms with Crippen LogP contribution in [0.25, 0.3) is 0 Å². The summed E-state index contributed by atoms with van der Waals surface area (Å²) in [4.78, 5) is 20.3. The number of aliphatic imine (C=N–C) groups is 1. The lowest BCUT2D eigenvalue weighted by Crippen LogP contribution is -2.53. The molecule has 1 aromatic carbocycles. The second kappa shape index (κ2) is 9.48. The summed E-state index contributed by atoms with van der Waals surface area (Å²) in [6, 6.07) is 8.07. The molecule has 0 aliphatic carbocycles. The second-order valence-electron chi connectivity index (χ2n) is 7.65. The largest absolute Gasteiger partial charge is 0.497 e. The van der Waals surface area contributed by atoms with Crippen LogP contribution in [-0.4, -0.2) is 67.3 Å². The van der Waals surface area contributed by atoms with Crippen LogP contribution in [0.3, 0.4) is 0 Å². The molecular weight excluding hydrogens is 344 g/mol. The Hall–Kier alpha value is -2.44. The predicted octanol–water partition coefficient (Wildman–Crippen LogP) is 2.50. The van der Waals surface area contributed by atoms with Gasteiger partial charge in [-0.25, -0.2) is 4.79 Å². The van der Waals surface area contributed by atoms with E-state index in [0.29, 0.717) is 38.7 Å². The molecule has 0 unspecified atom stereocenters. The van der Waals surface area contributed by atoms with E-state index >= 15 is 0 Å². The molecule has 150 valence electrons. The third-order valence-electron chi connectivity index (χ3n) is 4.29. The summed E-state index contributed by atoms with van der Waals surface area (Å²) in [6.45, 7) is 8.82. The van der Waals surface area contributed by atoms with Gasteiger partial charge in [0.1, 0.15) is 11.4 Å². The molecule has 0 saturated carbocycles. The molecule has 0 spiro atoms. The zero-order valence-corrected chi connectivity index (χ0v) is 16.9. The zero-order valence-electron chi connectivity index (χ0n) is 16.9. The Morgan fingerprint density at radius 2 is 1.85 bits per heavy atom. The van der Waals surface area contributed by atoms with E-state index in [1.165, 1.54) is 5.56 Å². The fraction of sp³-hybridized carbons (Fsp3) is 0.600. The van der Waals surface area contributed by atoms with Gasteiger partial charge in [0.05, 0.1) is 7.11 Å². The van der Waals surface area contributed by atoms with Crippen molar-refractivity contribution in [1.82, 2.24) is 9.80 Å². The third-order valence-corrected chi connectivity index (χ3v) is 4.29. The second-order valence-corrected chi connectivity index (χ2v) is 7.65. The van der Waals surface area contributed by atoms with Crippen molar-refractivity contribution in [3.05, 3.63) is 29.8 Å². The number of methoxy groups -OCH3 is 1. The molecule has 1 heterocycles. The highest BCUT2D eigenvalue weighted by molar-refractivity contribution is 5.78. The van der Waals surface area contributed by atoms with E-state index in [1.54, 1.807) is 12.0 Å². The fourth-order valence-electron chi connectivity index (χ4n) is 2.85. The first kappa shape index (κ1) is 20.9. The van der Waals surface area contributed by atoms with Crippen molar-refractivity contribution in [3.63, 3.8) is 0 Å². The van der Waals surface area contributed by atoms with Gasteiger partial charge >= 0.3 is 6.09 Å². The zero-order chi connectivity index (χ0) is 19.9. The lowest BCUT2D eigenvalue weighted by atomic mass is 10.1. The van der Waals surface area contributed by atoms with Crippen molar-refractivity contribution in [2.75, 3.05) is 39.8 Å². The van der Waals surface area contributed by atoms with Gasteiger partial charge in [0.15, 0.2) is 5.96 Å². The molecule has 0 radical (unpaired) electrons. The lowest BCUT2D eigenvalue weighted by Gasteiger charge is -2.36. The number of hydrogen-bond donors (Lipinski definition) is 1. The standard InChI is InChI=1S/C20H32N4O3/c1-20(2,3)27-19(25)24-13-11-23(12-14-24)18(21)22-10-6-8-16-7-5-9-17(15-16)26-4/h5,7,9,15H,6,8,10-14H2,1-4H3,(H2,21,22). The van der Waals surface area contributed by atoms with Gasteiger partial charge in [-0.05, 0) is 51.3 Å². The van der Waals surface area contributed by atoms with Crippen LogP contribution in [0.1, 0.15) is 32.8 Å². The van der Waals surface area contributed by atoms with Crippen LogP contribution < -0.4 is 10.5 Å². The Balaban J connectivity index is 1.73. The lowest BCUT2D eigenvalue weighted by molar-refractivity contribution is 0.0186. The molecule has 7 heteroatoms. The quantitative estimate of drug-likeness (QED) is 0.485. The molecule has 1 aromatic rings. The van der Waals surface area contributed by atoms with Crippen molar-refractivity contribution in [3.8, 4) is 5.75 Å². The van der Waals surface area contributed by atoms with E-state index in [1.807, 2.05) is 43.9 Å². The molecule has 1 fully saturated rings. The minimum Gasteiger partial charge on any atom is -0.497 e. The van der Waals surface area contributed by atoms with Crippen LogP contribution in [0.15, 0.2) is 29.3 Å². The molecular formula is C20H32N4O3. The van der Waals surface area contributed by atoms with Gasteiger partial charge < -0.3 is 25.0 Å². The normalized spacial score (nSPS) is 15.6. The Bertz CT molecular complexity index is 647. The van der Waals surface area contributed by atoms with Gasteiger partial charge in [0.2, 0.25) is 0 Å². The van der Waals surface area contributed by atoms with E-state index in [2.05, 4.69) is 11.1 Å². The van der Waals surface area contributed by atoms with Gasteiger partial charge in [0, 0.05) is 32.7 Å². The Labute approximate surface area is 162 Å². The molecule has 0 atom stereocenters. The van der Waals surface area contributed by atoms with Gasteiger partial charge in [0.25, 0.3) is 0 Å². The number of carbonyl (C=O) groups is 1. The highest BCUT2D eigenvalue weighted by Crippen LogP contribution is 2.14. The van der Waals surface area contributed by atoms with Crippen molar-refractivity contribution in [1.29, 1.82) is 0 Å². The van der Waals surface area contributed by atoms with Crippen LogP contribution in [-0.2, 0) is 11.2 Å². The molecule has 2 N–H and O–H groups in total. The molecule has 0 aromatic heterocycles. The number of nitrogens with two attached hydrogens (primary N) is 1. The summed E-state index contributed by atoms with van der Waals surface area (Å²) in [5.74, 6) is 1.42. The number of hydrogen-bond acceptors (Lipinski definition) is 4. The first-order valence-electron chi connectivity index (χ1n) is 9.44. The Kier molecular flexibility index (Phi) is 7.33. The monoisotopic (exact) mass is 376 g/mol. The van der Waals surface area contributed by atoms with Crippen molar-refractivity contribution in [2.24, 2.45) is 10.7 Å². The molecule has 7 nitrogen and oxygen atoms in total. The number of rotatable bonds is 5. The minimum atomic E-state index is -0.475. The average Bonchev–Trinajstić information content (AvgIpc) is 2.64. The van der Waals surface area contributed by atoms with E-state index in [4.69, 9.17) is 15.2 Å². The SMILES string of the molecule is COc1cccc(CCCN=C(N)N2CCN(C(=O)OC(C)(C)C)CC2)c1. The number of piperazine rings is 1. The summed E-state index contributed by atoms with van der Waals surface area (Å²) in [7, 11) is 1.67. The van der Waals surface area contributed by atoms with Gasteiger partial charge in [-0.15, -0.1) is 0 Å². The minimum absolute atomic E-state index is 0.268. The van der Waals surface area contributed by atoms with E-state index < -0.39 is 5.60 Å². The van der Waals surface area contributed by atoms with Crippen LogP contribution in [0.2, 0.25) is 0 Å². The Morgan fingerprint density at radius 3 is 2.48 bits per heavy atom. The maximum atomic E-state index is 12.1. The third kappa shape index (κ3) is 7.00. The highest BCUT2D eigenvalue weighted by atomic mass is 16.6. The van der Waals surface area contributed by atoms with Crippen molar-refractivity contribution in [2.45, 2.75) is 39.2 Å². The highest BCUT2D eigenvalue weighted by Gasteiger charge is 2.26. The number of carbonyl (C=O) groups excluding carboxylic acids is 1. The topological polar surface area (TPSA) is 80.4 Å². The van der Waals surface area contributed by atoms with Crippen LogP contribution >= 0.6 is 0 Å². The number of benzene rings is 1. The average molecular weight is 377 g/mol. The van der Waals surface area contributed by atoms with Gasteiger partial charge in [-0.1, -0.05) is 12.1 Å². The van der Waals surface area contributed by atoms with Crippen LogP contribution in [0.4, 0.5) is 4.79 Å². The van der Waals surface area contributed by atoms with Crippen molar-refractivity contribution >= 4 is 12.1 Å². The maximum Gasteiger partial charge on any atom is 0.410 e. The molecule has 1 amide bonds. The first-order valence-corrected chi connectivity index (χ1v) is 9.44. The van der Waals surface area contributed by atoms with E-state index in [-0.39, 0.29) is 6.09 Å². The van der Waals surface area contributed by atoms with Crippen LogP contribution in [0.5, 0.6) is 5.75 Å². The van der Waals surface area contributed by atoms with Crippen LogP contribution in [0, 0.1) is 0 Å². The molecule has 27 heavy (non-hydrogen) atoms. The summed E-state index contributed by atoms with van der Waals surface area (Å²) in [6.07, 6.45) is 1.59. The maximum absolute atomic E-state index is 12.1. The summed E-state index contributed by atoms with van der Waals surface area (Å²) < 4.78 is 10.6. The van der Waals surface area contributed by atoms with Crippen molar-refractivity contribution < 1.29 is 14.3 Å². The molecule has 2 rings (SSSR count). The predicted molar refractivity (Wildman–Crippen MR) is 107 cm³/mol. The molecule has 0 bridgehead atoms. The van der Waals surface area contributed by atoms with E-state index in [0.717, 1.165) is 18.6 Å². The fourth-order valence-corrected chi connectivity index (χ4v) is 2.85. The number of nitrogens with zero attached hydrogens (tertiary/aromatic N) is 3. The molecule has 1 aliphatic heterocycles. The number of aryl methyl sites for hydroxylation is 1. The smallest absolute Gasteiger partial charge is 0.410 e. The van der Waals surface area contributed by atoms with Gasteiger partial charge in [-0.3, -0.25) is 4.99 Å². The summed E-state index contributed by atoms with van der Waals surface area (Å²) in [5, 5.41) is 0. The molecule has 1 aliphatic rings. The Morgan fingerprint density at radius 1 is 1.19 bits per heavy atom. The first-order chi connectivity index (χ1) is 12.8. The summed E-state index contributed by atoms with van der Waals surface area (Å²) in [5.41, 5.74) is 6.87.